The lowest BCUT2D eigenvalue weighted by atomic mass is 9.99. The Hall–Kier alpha value is -8.46. The van der Waals surface area contributed by atoms with Gasteiger partial charge in [-0.1, -0.05) is 132 Å². The number of thioether (sulfide) groups is 2. The van der Waals surface area contributed by atoms with Crippen molar-refractivity contribution in [3.8, 4) is 22.3 Å². The molecule has 0 spiro atoms. The van der Waals surface area contributed by atoms with E-state index in [2.05, 4.69) is 9.47 Å². The molecular weight excluding hydrogens is 1420 g/mol. The number of methoxy groups -OCH3 is 2. The summed E-state index contributed by atoms with van der Waals surface area (Å²) in [5, 5.41) is 21.0. The van der Waals surface area contributed by atoms with E-state index in [1.165, 1.54) is 31.2 Å². The maximum absolute atomic E-state index is 15.7. The van der Waals surface area contributed by atoms with Gasteiger partial charge >= 0.3 is 12.4 Å². The second-order valence-corrected chi connectivity index (χ2v) is 24.7. The number of fused-ring (bicyclic) bond motifs is 2. The SMILES string of the molecule is [2H]C1=C(SC([2H])([2H])c2cccc(F)c2F)N(C([2H])([2H])C(=O)N(Cc2ccc(-c3ccc(C(F)(F)F)cc3)cc2)C2([2H])C([2H])([2H])C([2H])([2H])N(CCOC([2H])([2H])[2H])C([2H])([2H])C2([2H])[2H])c2c([2H])c([2H])c(C)c([2H])c2C1O.[2H]C1=C(SCc2cccc(F)c2F)N(C([2H])([2H])C(=O)N(Cc2ccc(-c3ccc(C(F)(F)F)cc3)cc2)C2([2H])C([2H])([2H])C([2H])([2H])N(CCOC([2H])([2H])[2H])C([2H])([2H])C2([2H])[2H])c2c([2H])c([2H])c(C)c([2H])c2C1O. The van der Waals surface area contributed by atoms with Crippen molar-refractivity contribution in [2.45, 2.75) is 100 Å². The minimum absolute atomic E-state index is 0.0168. The number of nitrogens with zero attached hydrogens (tertiary/aromatic N) is 6. The Morgan fingerprint density at radius 2 is 0.934 bits per heavy atom. The normalized spacial score (nSPS) is 27.2. The summed E-state index contributed by atoms with van der Waals surface area (Å²) in [6, 6.07) is 6.00. The number of rotatable bonds is 24. The summed E-state index contributed by atoms with van der Waals surface area (Å²) in [7, 11) is -6.33. The van der Waals surface area contributed by atoms with Crippen LogP contribution in [0.15, 0.2) is 192 Å². The fourth-order valence-electron chi connectivity index (χ4n) is 10.2. The zero-order valence-corrected chi connectivity index (χ0v) is 56.7. The standard InChI is InChI=1S/2C41H42F5N3O3S/c2*1-27-6-15-36-34(22-27)37(50)23-39(53-26-31-4-3-5-35(42)40(31)43)49(36)25-38(51)48(33-16-18-47(19-17-33)20-21-52-2)24-28-7-9-29(10-8-28)30-11-13-32(14-12-30)41(44,45)46/h2*3-15,22-23,33,37,50H,16-21,24-26H2,1-2H3/i2D3,6D,15D,16D2,17D2,18D2,19D2,22D,23D,25D2,26D2,33D;2D3,6D,15D,16D2,17D2,18D2,19D2,22D,23D,25D2,33D. The van der Waals surface area contributed by atoms with Gasteiger partial charge in [0.2, 0.25) is 11.8 Å². The van der Waals surface area contributed by atoms with E-state index < -0.39 is 304 Å². The Kier molecular flexibility index (Phi) is 14.4. The van der Waals surface area contributed by atoms with Gasteiger partial charge < -0.3 is 49.1 Å². The Morgan fingerprint density at radius 1 is 0.557 bits per heavy atom. The maximum atomic E-state index is 15.7. The number of amides is 2. The Bertz CT molecular complexity index is 6280. The molecule has 0 aliphatic carbocycles. The number of alkyl halides is 6. The smallest absolute Gasteiger partial charge is 0.384 e. The fourth-order valence-corrected chi connectivity index (χ4v) is 12.0. The number of halogens is 10. The highest BCUT2D eigenvalue weighted by molar-refractivity contribution is 8.02. The molecule has 8 aromatic carbocycles. The molecule has 4 aliphatic heterocycles. The molecule has 12 rings (SSSR count). The van der Waals surface area contributed by atoms with Gasteiger partial charge in [0.15, 0.2) is 23.3 Å². The summed E-state index contributed by atoms with van der Waals surface area (Å²) in [5.74, 6) is -11.4. The van der Waals surface area contributed by atoms with Crippen LogP contribution in [-0.4, -0.2) is 133 Å². The molecule has 2 atom stereocenters. The molecule has 8 aromatic rings. The third kappa shape index (κ3) is 19.8. The topological polar surface area (TPSA) is 113 Å². The molecule has 2 amide bonds. The van der Waals surface area contributed by atoms with Crippen LogP contribution in [-0.2, 0) is 56.0 Å². The number of likely N-dealkylation sites (tertiary alicyclic amines) is 2. The van der Waals surface area contributed by atoms with Gasteiger partial charge in [0.25, 0.3) is 0 Å². The molecule has 4 aliphatic rings. The number of anilines is 2. The summed E-state index contributed by atoms with van der Waals surface area (Å²) in [6.07, 6.45) is -31.0. The fraction of sp³-hybridized carbons (Fsp3) is 0.341. The summed E-state index contributed by atoms with van der Waals surface area (Å²) < 4.78 is 485. The first-order valence-electron chi connectivity index (χ1n) is 50.3. The lowest BCUT2D eigenvalue weighted by molar-refractivity contribution is -0.138. The van der Waals surface area contributed by atoms with E-state index >= 15 is 18.4 Å². The van der Waals surface area contributed by atoms with Crippen LogP contribution in [0.1, 0.15) is 145 Å². The number of hydrogen-bond donors (Lipinski definition) is 2. The lowest BCUT2D eigenvalue weighted by Crippen LogP contribution is -2.50. The minimum atomic E-state index is -4.70. The highest BCUT2D eigenvalue weighted by Gasteiger charge is 2.37. The number of carbonyl (C=O) groups is 2. The van der Waals surface area contributed by atoms with Crippen LogP contribution in [0.3, 0.4) is 0 Å². The molecule has 0 saturated carbocycles. The summed E-state index contributed by atoms with van der Waals surface area (Å²) in [4.78, 5) is 30.8. The van der Waals surface area contributed by atoms with Crippen molar-refractivity contribution in [1.29, 1.82) is 0 Å². The van der Waals surface area contributed by atoms with E-state index in [0.717, 1.165) is 110 Å². The number of ether oxygens (including phenoxy) is 2. The van der Waals surface area contributed by atoms with Crippen molar-refractivity contribution in [1.82, 2.24) is 19.6 Å². The molecule has 12 nitrogen and oxygen atoms in total. The Morgan fingerprint density at radius 3 is 1.33 bits per heavy atom. The van der Waals surface area contributed by atoms with E-state index in [0.29, 0.717) is 6.07 Å². The maximum Gasteiger partial charge on any atom is 0.416 e. The van der Waals surface area contributed by atoms with Crippen LogP contribution in [0, 0.1) is 37.1 Å². The monoisotopic (exact) mass is 1540 g/mol. The molecular formula is C82H84F10N6O6S2. The van der Waals surface area contributed by atoms with Crippen LogP contribution in [0.2, 0.25) is 0 Å². The average molecular weight is 1540 g/mol. The van der Waals surface area contributed by atoms with Crippen molar-refractivity contribution in [3.63, 3.8) is 0 Å². The number of piperidine rings is 2. The first-order valence-corrected chi connectivity index (χ1v) is 33.1. The highest BCUT2D eigenvalue weighted by atomic mass is 32.2. The van der Waals surface area contributed by atoms with E-state index in [1.807, 2.05) is 0 Å². The molecule has 2 fully saturated rings. The average Bonchev–Trinajstić information content (AvgIpc) is 0.665. The third-order valence-corrected chi connectivity index (χ3v) is 17.5. The first kappa shape index (κ1) is 42.9. The van der Waals surface area contributed by atoms with Gasteiger partial charge in [-0.05, 0) is 133 Å². The van der Waals surface area contributed by atoms with Gasteiger partial charge in [0.05, 0.1) is 61.8 Å². The van der Waals surface area contributed by atoms with Crippen molar-refractivity contribution < 1.29 is 125 Å². The molecule has 0 aromatic heterocycles. The van der Waals surface area contributed by atoms with Gasteiger partial charge in [-0.15, -0.1) is 23.5 Å². The molecule has 0 bridgehead atoms. The zero-order chi connectivity index (χ0) is 109. The van der Waals surface area contributed by atoms with Crippen molar-refractivity contribution in [2.24, 2.45) is 0 Å². The van der Waals surface area contributed by atoms with E-state index in [1.54, 1.807) is 0 Å². The molecule has 2 N–H and O–H groups in total. The van der Waals surface area contributed by atoms with E-state index in [-0.39, 0.29) is 97.4 Å². The van der Waals surface area contributed by atoms with Gasteiger partial charge in [0, 0.05) is 148 Å². The second kappa shape index (κ2) is 35.5. The number of benzene rings is 8. The largest absolute Gasteiger partial charge is 0.416 e. The van der Waals surface area contributed by atoms with Gasteiger partial charge in [0.1, 0.15) is 25.2 Å². The van der Waals surface area contributed by atoms with E-state index in [4.69, 9.17) is 32.9 Å². The van der Waals surface area contributed by atoms with Gasteiger partial charge in [-0.25, -0.2) is 17.6 Å². The molecule has 560 valence electrons. The van der Waals surface area contributed by atoms with Crippen LogP contribution in [0.25, 0.3) is 22.3 Å². The van der Waals surface area contributed by atoms with Crippen LogP contribution in [0.5, 0.6) is 0 Å². The number of hydrogen-bond acceptors (Lipinski definition) is 12. The van der Waals surface area contributed by atoms with Crippen molar-refractivity contribution in [2.75, 3.05) is 89.2 Å². The predicted molar refractivity (Wildman–Crippen MR) is 396 cm³/mol. The van der Waals surface area contributed by atoms with Crippen LogP contribution >= 0.6 is 23.5 Å². The molecule has 2 unspecified atom stereocenters. The number of carbonyl (C=O) groups excluding carboxylic acids is 2. The minimum Gasteiger partial charge on any atom is -0.384 e. The van der Waals surface area contributed by atoms with Crippen LogP contribution in [0.4, 0.5) is 55.3 Å². The number of aliphatic hydroxyl groups is 2. The van der Waals surface area contributed by atoms with Crippen molar-refractivity contribution >= 4 is 46.7 Å². The summed E-state index contributed by atoms with van der Waals surface area (Å²) >= 11 is -0.0706. The Balaban J connectivity index is 0.000000275. The van der Waals surface area contributed by atoms with Crippen LogP contribution < -0.4 is 9.80 Å². The molecule has 0 radical (unpaired) electrons. The number of aliphatic hydroxyl groups excluding tert-OH is 2. The second-order valence-electron chi connectivity index (χ2n) is 22.9. The van der Waals surface area contributed by atoms with E-state index in [9.17, 15) is 64.5 Å². The molecule has 24 heteroatoms. The molecule has 2 saturated heterocycles. The third-order valence-electron chi connectivity index (χ3n) is 15.6. The summed E-state index contributed by atoms with van der Waals surface area (Å²) in [6.45, 7) is -29.1. The zero-order valence-electron chi connectivity index (χ0n) is 93.1. The van der Waals surface area contributed by atoms with Gasteiger partial charge in [-0.3, -0.25) is 9.59 Å². The molecule has 4 heterocycles. The highest BCUT2D eigenvalue weighted by Crippen LogP contribution is 2.44. The van der Waals surface area contributed by atoms with Gasteiger partial charge in [-0.2, -0.15) is 26.3 Å². The lowest BCUT2D eigenvalue weighted by Gasteiger charge is -2.40. The first-order chi connectivity index (χ1) is 65.5. The van der Waals surface area contributed by atoms with Crippen molar-refractivity contribution in [3.05, 3.63) is 271 Å². The quantitative estimate of drug-likeness (QED) is 0.0562. The molecule has 106 heavy (non-hydrogen) atoms. The predicted octanol–water partition coefficient (Wildman–Crippen LogP) is 17.5. The summed E-state index contributed by atoms with van der Waals surface area (Å²) in [5.41, 5.74) is -10.8. The Labute approximate surface area is 673 Å².